The Balaban J connectivity index is 0.683. The second-order valence-corrected chi connectivity index (χ2v) is 28.4. The van der Waals surface area contributed by atoms with E-state index < -0.39 is 9.84 Å². The fourth-order valence-electron chi connectivity index (χ4n) is 19.5. The van der Waals surface area contributed by atoms with Crippen molar-refractivity contribution in [2.45, 2.75) is 204 Å². The summed E-state index contributed by atoms with van der Waals surface area (Å²) in [6.45, 7) is 14.1. The Labute approximate surface area is 425 Å². The number of nitrogens with one attached hydrogen (secondary N) is 2. The molecule has 0 aromatic heterocycles. The molecule has 392 valence electrons. The van der Waals surface area contributed by atoms with Crippen molar-refractivity contribution in [1.29, 1.82) is 0 Å². The maximum Gasteiger partial charge on any atom is 0.224 e. The van der Waals surface area contributed by atoms with Gasteiger partial charge in [0.05, 0.1) is 34.2 Å². The van der Waals surface area contributed by atoms with Crippen LogP contribution < -0.4 is 10.6 Å². The van der Waals surface area contributed by atoms with E-state index in [0.29, 0.717) is 83.4 Å². The normalized spacial score (nSPS) is 43.6. The third-order valence-electron chi connectivity index (χ3n) is 23.6. The molecule has 10 rings (SSSR count). The number of rotatable bonds is 12. The van der Waals surface area contributed by atoms with Crippen LogP contribution in [0.2, 0.25) is 0 Å². The van der Waals surface area contributed by atoms with Crippen molar-refractivity contribution in [3.63, 3.8) is 0 Å². The van der Waals surface area contributed by atoms with Gasteiger partial charge < -0.3 is 31.1 Å². The van der Waals surface area contributed by atoms with Gasteiger partial charge in [0, 0.05) is 24.2 Å². The van der Waals surface area contributed by atoms with Crippen molar-refractivity contribution in [2.75, 3.05) is 10.6 Å². The molecule has 71 heavy (non-hydrogen) atoms. The van der Waals surface area contributed by atoms with Crippen LogP contribution >= 0.6 is 0 Å². The summed E-state index contributed by atoms with van der Waals surface area (Å²) in [7, 11) is -3.86. The predicted octanol–water partition coefficient (Wildman–Crippen LogP) is 11.2. The van der Waals surface area contributed by atoms with Crippen LogP contribution in [0.1, 0.15) is 170 Å². The van der Waals surface area contributed by atoms with Crippen molar-refractivity contribution < 1.29 is 38.4 Å². The van der Waals surface area contributed by atoms with Crippen LogP contribution in [0.4, 0.5) is 11.4 Å². The molecule has 20 atom stereocenters. The summed E-state index contributed by atoms with van der Waals surface area (Å²) in [4.78, 5) is 26.9. The lowest BCUT2D eigenvalue weighted by molar-refractivity contribution is -0.175. The van der Waals surface area contributed by atoms with E-state index in [1.807, 2.05) is 0 Å². The lowest BCUT2D eigenvalue weighted by Crippen LogP contribution is -2.58. The summed E-state index contributed by atoms with van der Waals surface area (Å²) in [5.74, 6) is 5.39. The number of benzene rings is 2. The lowest BCUT2D eigenvalue weighted by Gasteiger charge is -2.62. The molecule has 2 aromatic rings. The molecule has 2 aromatic carbocycles. The van der Waals surface area contributed by atoms with Gasteiger partial charge in [-0.05, 0) is 257 Å². The van der Waals surface area contributed by atoms with Crippen LogP contribution in [0, 0.1) is 92.7 Å². The van der Waals surface area contributed by atoms with Crippen LogP contribution in [-0.4, -0.2) is 65.1 Å². The van der Waals surface area contributed by atoms with E-state index in [1.165, 1.54) is 49.9 Å². The zero-order valence-corrected chi connectivity index (χ0v) is 44.6. The maximum absolute atomic E-state index is 13.7. The average molecular weight is 997 g/mol. The van der Waals surface area contributed by atoms with Gasteiger partial charge in [0.25, 0.3) is 0 Å². The largest absolute Gasteiger partial charge is 0.393 e. The molecular weight excluding hydrogens is 909 g/mol. The molecule has 6 N–H and O–H groups in total. The summed E-state index contributed by atoms with van der Waals surface area (Å²) < 4.78 is 27.4. The Kier molecular flexibility index (Phi) is 14.1. The summed E-state index contributed by atoms with van der Waals surface area (Å²) in [6, 6.07) is 12.6. The Morgan fingerprint density at radius 3 is 1.30 bits per heavy atom. The number of carbonyl (C=O) groups excluding carboxylic acids is 2. The number of fused-ring (bicyclic) bond motifs is 10. The molecule has 8 aliphatic carbocycles. The molecule has 0 aliphatic heterocycles. The average Bonchev–Trinajstić information content (AvgIpc) is 3.90. The molecule has 0 spiro atoms. The van der Waals surface area contributed by atoms with Crippen LogP contribution in [0.3, 0.4) is 0 Å². The highest BCUT2D eigenvalue weighted by molar-refractivity contribution is 7.91. The fraction of sp³-hybridized carbons (Fsp3) is 0.767. The molecule has 8 fully saturated rings. The molecule has 10 nitrogen and oxygen atoms in total. The maximum atomic E-state index is 13.7. The van der Waals surface area contributed by atoms with Crippen molar-refractivity contribution in [3.8, 4) is 0 Å². The van der Waals surface area contributed by atoms with E-state index in [0.717, 1.165) is 89.9 Å². The van der Waals surface area contributed by atoms with E-state index in [4.69, 9.17) is 0 Å². The van der Waals surface area contributed by atoms with Gasteiger partial charge in [-0.25, -0.2) is 8.42 Å². The minimum Gasteiger partial charge on any atom is -0.393 e. The van der Waals surface area contributed by atoms with E-state index in [2.05, 4.69) is 52.2 Å². The molecular formula is C60H88N2O8S. The molecule has 8 saturated carbocycles. The monoisotopic (exact) mass is 997 g/mol. The van der Waals surface area contributed by atoms with Gasteiger partial charge in [0.1, 0.15) is 0 Å². The highest BCUT2D eigenvalue weighted by Crippen LogP contribution is 2.70. The Morgan fingerprint density at radius 1 is 0.535 bits per heavy atom. The molecule has 11 heteroatoms. The number of hydrogen-bond donors (Lipinski definition) is 6. The first-order valence-corrected chi connectivity index (χ1v) is 29.9. The second-order valence-electron chi connectivity index (χ2n) is 26.5. The number of hydrogen-bond acceptors (Lipinski definition) is 8. The second kappa shape index (κ2) is 19.4. The van der Waals surface area contributed by atoms with Crippen LogP contribution in [0.15, 0.2) is 58.3 Å². The van der Waals surface area contributed by atoms with Crippen molar-refractivity contribution in [3.05, 3.63) is 48.5 Å². The first kappa shape index (κ1) is 51.6. The zero-order chi connectivity index (χ0) is 50.4. The van der Waals surface area contributed by atoms with Crippen molar-refractivity contribution >= 4 is 33.0 Å². The fourth-order valence-corrected chi connectivity index (χ4v) is 20.7. The number of aliphatic hydroxyl groups excluding tert-OH is 4. The highest BCUT2D eigenvalue weighted by atomic mass is 32.2. The van der Waals surface area contributed by atoms with Gasteiger partial charge in [-0.2, -0.15) is 0 Å². The van der Waals surface area contributed by atoms with E-state index in [-0.39, 0.29) is 79.5 Å². The van der Waals surface area contributed by atoms with Gasteiger partial charge in [0.2, 0.25) is 21.7 Å². The summed E-state index contributed by atoms with van der Waals surface area (Å²) in [5.41, 5.74) is 1.17. The van der Waals surface area contributed by atoms with E-state index >= 15 is 0 Å². The van der Waals surface area contributed by atoms with Crippen LogP contribution in [0.5, 0.6) is 0 Å². The summed E-state index contributed by atoms with van der Waals surface area (Å²) >= 11 is 0. The number of aliphatic hydroxyl groups is 4. The van der Waals surface area contributed by atoms with Gasteiger partial charge in [-0.15, -0.1) is 0 Å². The molecule has 8 aliphatic rings. The molecule has 0 saturated heterocycles. The van der Waals surface area contributed by atoms with Gasteiger partial charge in [0.15, 0.2) is 0 Å². The SMILES string of the molecule is C[C@@H](CCC(=O)Nc1ccc(S(=O)(=O)c2ccc(NC(=O)CC[C@H](C)[C@@H]3CC[C@@H]4[C@@H]5CC[C@H]6C[C@H](O)CC[C@]6(C)[C@@H]5C[C@H](O)[C@@]43C)cc2)cc1)[C@@H]1CC[C@@H]2[C@H]3CC[C@H]4C[C@@H](O)CC[C@]4(C)[C@@H]3C[C@@H](O)[C@@]21C. The first-order valence-electron chi connectivity index (χ1n) is 28.4. The molecule has 0 radical (unpaired) electrons. The van der Waals surface area contributed by atoms with Crippen LogP contribution in [0.25, 0.3) is 0 Å². The van der Waals surface area contributed by atoms with Gasteiger partial charge in [-0.3, -0.25) is 9.59 Å². The molecule has 0 heterocycles. The van der Waals surface area contributed by atoms with E-state index in [1.54, 1.807) is 24.3 Å². The standard InChI is InChI=1S/C60H88N2O8S/c1-35(47-21-23-49-45-19-9-37-31-41(63)27-29-57(37,3)51(45)33-53(65)59(47,49)5)7-25-55(67)61-39-11-15-43(16-12-39)71(69,70)44-17-13-40(14-18-44)62-56(68)26-8-36(2)48-22-24-50-46-20-10-38-32-42(64)28-30-58(38,4)52(46)34-54(66)60(48,50)6/h11-18,35-38,41-42,45-54,63-66H,7-10,19-34H2,1-6H3,(H,61,67)(H,62,68)/t35-,36-,37-,38-,41-,42+,45+,46-,47-,48-,49+,50+,51+,52+,53+,54-,57-,58-,59+,60+/m0/s1. The predicted molar refractivity (Wildman–Crippen MR) is 278 cm³/mol. The van der Waals surface area contributed by atoms with Crippen molar-refractivity contribution in [2.24, 2.45) is 92.7 Å². The zero-order valence-electron chi connectivity index (χ0n) is 43.8. The topological polar surface area (TPSA) is 173 Å². The quantitative estimate of drug-likeness (QED) is 0.122. The van der Waals surface area contributed by atoms with Crippen LogP contribution in [-0.2, 0) is 19.4 Å². The highest BCUT2D eigenvalue weighted by Gasteiger charge is 2.65. The Morgan fingerprint density at radius 2 is 0.915 bits per heavy atom. The number of sulfone groups is 1. The number of anilines is 2. The lowest BCUT2D eigenvalue weighted by atomic mass is 9.43. The Hall–Kier alpha value is -2.83. The summed E-state index contributed by atoms with van der Waals surface area (Å²) in [5, 5.41) is 50.8. The number of carbonyl (C=O) groups is 2. The number of amides is 2. The first-order chi connectivity index (χ1) is 33.7. The van der Waals surface area contributed by atoms with E-state index in [9.17, 15) is 38.4 Å². The third kappa shape index (κ3) is 8.89. The minimum absolute atomic E-state index is 0.106. The van der Waals surface area contributed by atoms with Gasteiger partial charge >= 0.3 is 0 Å². The molecule has 0 unspecified atom stereocenters. The summed E-state index contributed by atoms with van der Waals surface area (Å²) in [6.07, 6.45) is 17.7. The van der Waals surface area contributed by atoms with Gasteiger partial charge in [-0.1, -0.05) is 41.5 Å². The minimum atomic E-state index is -3.86. The molecule has 0 bridgehead atoms. The smallest absolute Gasteiger partial charge is 0.224 e. The molecule has 2 amide bonds. The third-order valence-corrected chi connectivity index (χ3v) is 25.3. The van der Waals surface area contributed by atoms with Crippen molar-refractivity contribution in [1.82, 2.24) is 0 Å². The Bertz CT molecular complexity index is 2220.